The van der Waals surface area contributed by atoms with Crippen LogP contribution in [0.25, 0.3) is 6.08 Å². The fourth-order valence-corrected chi connectivity index (χ4v) is 4.63. The average molecular weight is 574 g/mol. The summed E-state index contributed by atoms with van der Waals surface area (Å²) in [5.74, 6) is 0. The van der Waals surface area contributed by atoms with Crippen LogP contribution >= 0.6 is 0 Å². The molecular weight excluding hydrogens is 519 g/mol. The second kappa shape index (κ2) is 21.8. The zero-order valence-corrected chi connectivity index (χ0v) is 26.5. The molecule has 0 atom stereocenters. The second-order valence-corrected chi connectivity index (χ2v) is 10.7. The predicted molar refractivity (Wildman–Crippen MR) is 172 cm³/mol. The van der Waals surface area contributed by atoms with Gasteiger partial charge in [-0.25, -0.2) is 0 Å². The molecule has 3 heteroatoms. The predicted octanol–water partition coefficient (Wildman–Crippen LogP) is 11.8. The Balaban J connectivity index is 0.00000760. The van der Waals surface area contributed by atoms with Crippen LogP contribution in [0.4, 0.5) is 11.4 Å². The number of aryl methyl sites for hydroxylation is 2. The third-order valence-corrected chi connectivity index (χ3v) is 6.98. The van der Waals surface area contributed by atoms with E-state index >= 15 is 0 Å². The molecule has 0 spiro atoms. The van der Waals surface area contributed by atoms with Crippen molar-refractivity contribution in [2.75, 3.05) is 0 Å². The van der Waals surface area contributed by atoms with E-state index in [2.05, 4.69) is 89.2 Å². The van der Waals surface area contributed by atoms with Crippen molar-refractivity contribution in [2.24, 2.45) is 9.98 Å². The van der Waals surface area contributed by atoms with Crippen molar-refractivity contribution in [1.82, 2.24) is 0 Å². The van der Waals surface area contributed by atoms with E-state index in [0.717, 1.165) is 56.3 Å². The molecule has 0 saturated heterocycles. The van der Waals surface area contributed by atoms with E-state index in [0.29, 0.717) is 0 Å². The van der Waals surface area contributed by atoms with E-state index in [1.54, 1.807) is 0 Å². The number of nitrogens with zero attached hydrogens (tertiary/aromatic N) is 2. The maximum atomic E-state index is 5.35. The first-order chi connectivity index (χ1) is 18.6. The van der Waals surface area contributed by atoms with Crippen LogP contribution in [0.5, 0.6) is 0 Å². The summed E-state index contributed by atoms with van der Waals surface area (Å²) in [4.78, 5) is 10.6. The summed E-state index contributed by atoms with van der Waals surface area (Å²) in [7, 11) is 0. The Kier molecular flexibility index (Phi) is 19.6. The number of aliphatic imine (C=N–C) groups is 2. The number of hydrogen-bond acceptors (Lipinski definition) is 2. The Morgan fingerprint density at radius 1 is 0.590 bits per heavy atom. The summed E-state index contributed by atoms with van der Waals surface area (Å²) in [6.45, 7) is 11.3. The number of allylic oxidation sites excluding steroid dienone is 1. The van der Waals surface area contributed by atoms with Gasteiger partial charge in [-0.05, 0) is 98.7 Å². The molecule has 218 valence electrons. The van der Waals surface area contributed by atoms with Crippen LogP contribution in [0.15, 0.2) is 58.5 Å². The SMILES string of the molecule is CCCC=Cc1ccc(N=C(CCCCC)C(CCCC)=Nc2cc(CCCC)cc(CCCC)c2)cc1.[Ni]. The van der Waals surface area contributed by atoms with Crippen LogP contribution in [-0.4, -0.2) is 11.4 Å². The fraction of sp³-hybridized carbons (Fsp3) is 0.556. The number of hydrogen-bond donors (Lipinski definition) is 0. The normalized spacial score (nSPS) is 12.2. The van der Waals surface area contributed by atoms with Crippen LogP contribution < -0.4 is 0 Å². The van der Waals surface area contributed by atoms with E-state index < -0.39 is 0 Å². The molecule has 0 N–H and O–H groups in total. The number of benzene rings is 2. The molecule has 2 nitrogen and oxygen atoms in total. The van der Waals surface area contributed by atoms with Gasteiger partial charge in [0.05, 0.1) is 22.8 Å². The van der Waals surface area contributed by atoms with E-state index in [-0.39, 0.29) is 16.5 Å². The van der Waals surface area contributed by atoms with E-state index in [1.165, 1.54) is 79.5 Å². The Bertz CT molecular complexity index is 975. The average Bonchev–Trinajstić information content (AvgIpc) is 2.93. The molecule has 0 aliphatic heterocycles. The molecule has 0 saturated carbocycles. The molecule has 0 unspecified atom stereocenters. The summed E-state index contributed by atoms with van der Waals surface area (Å²) in [6, 6.07) is 15.8. The molecule has 0 heterocycles. The van der Waals surface area contributed by atoms with Crippen molar-refractivity contribution in [1.29, 1.82) is 0 Å². The molecule has 2 rings (SSSR count). The van der Waals surface area contributed by atoms with Crippen molar-refractivity contribution in [3.8, 4) is 0 Å². The van der Waals surface area contributed by atoms with Gasteiger partial charge in [0.2, 0.25) is 0 Å². The zero-order valence-electron chi connectivity index (χ0n) is 25.5. The van der Waals surface area contributed by atoms with Gasteiger partial charge in [0.15, 0.2) is 0 Å². The first kappa shape index (κ1) is 35.0. The van der Waals surface area contributed by atoms with Gasteiger partial charge in [0, 0.05) is 16.5 Å². The Labute approximate surface area is 250 Å². The van der Waals surface area contributed by atoms with Crippen LogP contribution in [0.1, 0.15) is 135 Å². The maximum Gasteiger partial charge on any atom is 0.0639 e. The molecule has 2 aromatic rings. The van der Waals surface area contributed by atoms with Crippen molar-refractivity contribution >= 4 is 28.9 Å². The smallest absolute Gasteiger partial charge is 0.0639 e. The zero-order chi connectivity index (χ0) is 27.4. The van der Waals surface area contributed by atoms with Gasteiger partial charge in [0.25, 0.3) is 0 Å². The van der Waals surface area contributed by atoms with Crippen LogP contribution in [0.2, 0.25) is 0 Å². The number of rotatable bonds is 19. The van der Waals surface area contributed by atoms with Crippen molar-refractivity contribution in [2.45, 2.75) is 131 Å². The van der Waals surface area contributed by atoms with E-state index in [1.807, 2.05) is 0 Å². The molecule has 0 aliphatic carbocycles. The number of unbranched alkanes of at least 4 members (excludes halogenated alkanes) is 6. The summed E-state index contributed by atoms with van der Waals surface area (Å²) in [5.41, 5.74) is 8.63. The summed E-state index contributed by atoms with van der Waals surface area (Å²) in [5, 5.41) is 0. The van der Waals surface area contributed by atoms with Gasteiger partial charge < -0.3 is 0 Å². The molecule has 0 bridgehead atoms. The Morgan fingerprint density at radius 3 is 1.67 bits per heavy atom. The Hall–Kier alpha value is -1.99. The van der Waals surface area contributed by atoms with E-state index in [4.69, 9.17) is 9.98 Å². The molecule has 0 aromatic heterocycles. The van der Waals surface area contributed by atoms with Crippen molar-refractivity contribution < 1.29 is 16.5 Å². The van der Waals surface area contributed by atoms with Gasteiger partial charge in [-0.3, -0.25) is 9.98 Å². The van der Waals surface area contributed by atoms with Gasteiger partial charge in [-0.1, -0.05) is 103 Å². The minimum absolute atomic E-state index is 0. The quantitative estimate of drug-likeness (QED) is 0.0907. The third-order valence-electron chi connectivity index (χ3n) is 6.98. The minimum Gasteiger partial charge on any atom is -0.252 e. The minimum atomic E-state index is 0. The van der Waals surface area contributed by atoms with E-state index in [9.17, 15) is 0 Å². The molecule has 2 aromatic carbocycles. The van der Waals surface area contributed by atoms with Gasteiger partial charge in [-0.15, -0.1) is 0 Å². The summed E-state index contributed by atoms with van der Waals surface area (Å²) in [6.07, 6.45) is 21.9. The second-order valence-electron chi connectivity index (χ2n) is 10.7. The topological polar surface area (TPSA) is 24.7 Å². The van der Waals surface area contributed by atoms with Crippen LogP contribution in [-0.2, 0) is 29.3 Å². The monoisotopic (exact) mass is 572 g/mol. The molecular formula is C36H54N2Ni. The molecule has 39 heavy (non-hydrogen) atoms. The first-order valence-corrected chi connectivity index (χ1v) is 15.7. The standard InChI is InChI=1S/C36H54N2.Ni/c1-6-11-16-20-30-23-25-33(26-24-30)37-36(22-17-12-7-2)35(21-15-10-5)38-34-28-31(18-13-8-3)27-32(29-34)19-14-9-4;/h16,20,23-29H,6-15,17-19,21-22H2,1-5H3;. The first-order valence-electron chi connectivity index (χ1n) is 15.7. The fourth-order valence-electron chi connectivity index (χ4n) is 4.63. The summed E-state index contributed by atoms with van der Waals surface area (Å²) >= 11 is 0. The summed E-state index contributed by atoms with van der Waals surface area (Å²) < 4.78 is 0. The van der Waals surface area contributed by atoms with Gasteiger partial charge >= 0.3 is 0 Å². The van der Waals surface area contributed by atoms with Crippen molar-refractivity contribution in [3.63, 3.8) is 0 Å². The maximum absolute atomic E-state index is 5.35. The van der Waals surface area contributed by atoms with Gasteiger partial charge in [0.1, 0.15) is 0 Å². The van der Waals surface area contributed by atoms with Crippen LogP contribution in [0.3, 0.4) is 0 Å². The van der Waals surface area contributed by atoms with Gasteiger partial charge in [-0.2, -0.15) is 0 Å². The third kappa shape index (κ3) is 14.3. The van der Waals surface area contributed by atoms with Crippen LogP contribution in [0, 0.1) is 0 Å². The van der Waals surface area contributed by atoms with Crippen molar-refractivity contribution in [3.05, 3.63) is 65.2 Å². The largest absolute Gasteiger partial charge is 0.252 e. The molecule has 0 radical (unpaired) electrons. The molecule has 0 amide bonds. The Morgan fingerprint density at radius 2 is 1.13 bits per heavy atom. The molecule has 0 aliphatic rings. The molecule has 0 fully saturated rings.